The number of carbonyl (C=O) groups is 1. The van der Waals surface area contributed by atoms with Gasteiger partial charge in [0.25, 0.3) is 10.0 Å². The predicted octanol–water partition coefficient (Wildman–Crippen LogP) is 1.36. The van der Waals surface area contributed by atoms with Crippen LogP contribution in [0.15, 0.2) is 21.7 Å². The van der Waals surface area contributed by atoms with E-state index < -0.39 is 10.0 Å². The summed E-state index contributed by atoms with van der Waals surface area (Å²) in [5.41, 5.74) is 0. The molecule has 1 fully saturated rings. The number of sulfonamides is 1. The van der Waals surface area contributed by atoms with Crippen LogP contribution in [0.3, 0.4) is 0 Å². The Labute approximate surface area is 142 Å². The number of hydrogen-bond acceptors (Lipinski definition) is 5. The van der Waals surface area contributed by atoms with Crippen molar-refractivity contribution in [2.75, 3.05) is 33.7 Å². The zero-order chi connectivity index (χ0) is 16.9. The summed E-state index contributed by atoms with van der Waals surface area (Å²) in [4.78, 5) is 14.2. The molecule has 1 aromatic rings. The predicted molar refractivity (Wildman–Crippen MR) is 92.0 cm³/mol. The highest BCUT2D eigenvalue weighted by atomic mass is 32.2. The third kappa shape index (κ3) is 5.27. The van der Waals surface area contributed by atoms with E-state index in [1.807, 2.05) is 0 Å². The van der Waals surface area contributed by atoms with Gasteiger partial charge < -0.3 is 10.2 Å². The fourth-order valence-electron chi connectivity index (χ4n) is 2.60. The number of amides is 1. The quantitative estimate of drug-likeness (QED) is 0.798. The maximum atomic E-state index is 12.2. The Morgan fingerprint density at radius 3 is 2.74 bits per heavy atom. The molecular formula is C15H25N3O3S2. The van der Waals surface area contributed by atoms with Gasteiger partial charge in [-0.3, -0.25) is 4.79 Å². The zero-order valence-electron chi connectivity index (χ0n) is 13.7. The van der Waals surface area contributed by atoms with Crippen molar-refractivity contribution in [2.24, 2.45) is 0 Å². The van der Waals surface area contributed by atoms with Crippen LogP contribution in [-0.4, -0.2) is 63.3 Å². The summed E-state index contributed by atoms with van der Waals surface area (Å²) in [7, 11) is 0.232. The van der Waals surface area contributed by atoms with Gasteiger partial charge >= 0.3 is 0 Å². The molecule has 1 aromatic heterocycles. The van der Waals surface area contributed by atoms with Crippen LogP contribution in [0.25, 0.3) is 0 Å². The van der Waals surface area contributed by atoms with Gasteiger partial charge in [-0.25, -0.2) is 12.7 Å². The third-order valence-electron chi connectivity index (χ3n) is 4.12. The molecule has 0 bridgehead atoms. The summed E-state index contributed by atoms with van der Waals surface area (Å²) in [5, 5.41) is 4.79. The SMILES string of the molecule is CN1CCC(NC(=O)CCCN(C)S(=O)(=O)c2cccs2)CC1. The topological polar surface area (TPSA) is 69.7 Å². The third-order valence-corrected chi connectivity index (χ3v) is 7.35. The van der Waals surface area contributed by atoms with Gasteiger partial charge in [-0.1, -0.05) is 6.07 Å². The highest BCUT2D eigenvalue weighted by Crippen LogP contribution is 2.20. The molecule has 0 radical (unpaired) electrons. The lowest BCUT2D eigenvalue weighted by atomic mass is 10.1. The highest BCUT2D eigenvalue weighted by molar-refractivity contribution is 7.91. The van der Waals surface area contributed by atoms with Crippen LogP contribution in [0.4, 0.5) is 0 Å². The molecule has 2 rings (SSSR count). The summed E-state index contributed by atoms with van der Waals surface area (Å²) in [6, 6.07) is 3.58. The molecular weight excluding hydrogens is 334 g/mol. The Kier molecular flexibility index (Phi) is 6.58. The first-order valence-corrected chi connectivity index (χ1v) is 10.2. The highest BCUT2D eigenvalue weighted by Gasteiger charge is 2.22. The first kappa shape index (κ1) is 18.4. The van der Waals surface area contributed by atoms with Crippen LogP contribution in [0.1, 0.15) is 25.7 Å². The van der Waals surface area contributed by atoms with E-state index in [0.717, 1.165) is 25.9 Å². The number of thiophene rings is 1. The minimum atomic E-state index is -3.41. The number of rotatable bonds is 7. The monoisotopic (exact) mass is 359 g/mol. The summed E-state index contributed by atoms with van der Waals surface area (Å²) in [5.74, 6) is 0.0153. The van der Waals surface area contributed by atoms with Crippen molar-refractivity contribution in [1.29, 1.82) is 0 Å². The number of nitrogens with one attached hydrogen (secondary N) is 1. The average molecular weight is 360 g/mol. The first-order chi connectivity index (χ1) is 10.9. The molecule has 8 heteroatoms. The second kappa shape index (κ2) is 8.23. The van der Waals surface area contributed by atoms with Crippen molar-refractivity contribution in [3.05, 3.63) is 17.5 Å². The Balaban J connectivity index is 1.71. The molecule has 0 saturated carbocycles. The maximum Gasteiger partial charge on any atom is 0.252 e. The maximum absolute atomic E-state index is 12.2. The molecule has 2 heterocycles. The van der Waals surface area contributed by atoms with Crippen LogP contribution < -0.4 is 5.32 Å². The number of likely N-dealkylation sites (tertiary alicyclic amines) is 1. The fraction of sp³-hybridized carbons (Fsp3) is 0.667. The lowest BCUT2D eigenvalue weighted by Crippen LogP contribution is -2.43. The van der Waals surface area contributed by atoms with Gasteiger partial charge in [0.15, 0.2) is 0 Å². The van der Waals surface area contributed by atoms with E-state index in [-0.39, 0.29) is 11.9 Å². The molecule has 0 atom stereocenters. The molecule has 6 nitrogen and oxygen atoms in total. The normalized spacial score (nSPS) is 17.5. The van der Waals surface area contributed by atoms with Gasteiger partial charge in [0.05, 0.1) is 0 Å². The van der Waals surface area contributed by atoms with Crippen LogP contribution in [0.2, 0.25) is 0 Å². The first-order valence-electron chi connectivity index (χ1n) is 7.87. The molecule has 0 spiro atoms. The average Bonchev–Trinajstić information content (AvgIpc) is 3.04. The van der Waals surface area contributed by atoms with E-state index in [1.165, 1.54) is 15.6 Å². The van der Waals surface area contributed by atoms with Crippen LogP contribution in [0, 0.1) is 0 Å². The van der Waals surface area contributed by atoms with Crippen molar-refractivity contribution >= 4 is 27.3 Å². The Bertz CT molecular complexity index is 593. The number of piperidine rings is 1. The molecule has 1 aliphatic rings. The second-order valence-electron chi connectivity index (χ2n) is 6.01. The molecule has 1 amide bonds. The summed E-state index contributed by atoms with van der Waals surface area (Å²) in [6.45, 7) is 2.36. The Morgan fingerprint density at radius 1 is 1.43 bits per heavy atom. The van der Waals surface area contributed by atoms with E-state index in [1.54, 1.807) is 24.6 Å². The smallest absolute Gasteiger partial charge is 0.252 e. The second-order valence-corrected chi connectivity index (χ2v) is 9.23. The van der Waals surface area contributed by atoms with Gasteiger partial charge in [-0.2, -0.15) is 0 Å². The Hall–Kier alpha value is -0.960. The largest absolute Gasteiger partial charge is 0.353 e. The molecule has 1 aliphatic heterocycles. The minimum absolute atomic E-state index is 0.0153. The fourth-order valence-corrected chi connectivity index (χ4v) is 5.01. The van der Waals surface area contributed by atoms with Crippen molar-refractivity contribution in [3.8, 4) is 0 Å². The number of hydrogen-bond donors (Lipinski definition) is 1. The van der Waals surface area contributed by atoms with Gasteiger partial charge in [0.1, 0.15) is 4.21 Å². The van der Waals surface area contributed by atoms with E-state index in [0.29, 0.717) is 23.6 Å². The number of nitrogens with zero attached hydrogens (tertiary/aromatic N) is 2. The van der Waals surface area contributed by atoms with Crippen LogP contribution in [-0.2, 0) is 14.8 Å². The van der Waals surface area contributed by atoms with Crippen molar-refractivity contribution in [1.82, 2.24) is 14.5 Å². The van der Waals surface area contributed by atoms with E-state index in [9.17, 15) is 13.2 Å². The van der Waals surface area contributed by atoms with Gasteiger partial charge in [-0.05, 0) is 50.8 Å². The molecule has 1 N–H and O–H groups in total. The summed E-state index contributed by atoms with van der Waals surface area (Å²) in [6.07, 6.45) is 2.85. The number of carbonyl (C=O) groups excluding carboxylic acids is 1. The van der Waals surface area contributed by atoms with Crippen LogP contribution >= 0.6 is 11.3 Å². The van der Waals surface area contributed by atoms with E-state index in [4.69, 9.17) is 0 Å². The molecule has 130 valence electrons. The van der Waals surface area contributed by atoms with Gasteiger partial charge in [-0.15, -0.1) is 11.3 Å². The van der Waals surface area contributed by atoms with Crippen molar-refractivity contribution in [3.63, 3.8) is 0 Å². The molecule has 0 aromatic carbocycles. The lowest BCUT2D eigenvalue weighted by molar-refractivity contribution is -0.122. The standard InChI is InChI=1S/C15H25N3O3S2/c1-17-10-7-13(8-11-17)16-14(19)5-3-9-18(2)23(20,21)15-6-4-12-22-15/h4,6,12-13H,3,5,7-11H2,1-2H3,(H,16,19). The van der Waals surface area contributed by atoms with E-state index >= 15 is 0 Å². The zero-order valence-corrected chi connectivity index (χ0v) is 15.3. The Morgan fingerprint density at radius 2 is 2.13 bits per heavy atom. The molecule has 23 heavy (non-hydrogen) atoms. The summed E-state index contributed by atoms with van der Waals surface area (Å²) >= 11 is 1.21. The van der Waals surface area contributed by atoms with Crippen LogP contribution in [0.5, 0.6) is 0 Å². The molecule has 1 saturated heterocycles. The minimum Gasteiger partial charge on any atom is -0.353 e. The van der Waals surface area contributed by atoms with Crippen molar-refractivity contribution < 1.29 is 13.2 Å². The molecule has 0 unspecified atom stereocenters. The molecule has 0 aliphatic carbocycles. The lowest BCUT2D eigenvalue weighted by Gasteiger charge is -2.29. The van der Waals surface area contributed by atoms with Gasteiger partial charge in [0.2, 0.25) is 5.91 Å². The summed E-state index contributed by atoms with van der Waals surface area (Å²) < 4.78 is 26.2. The van der Waals surface area contributed by atoms with E-state index in [2.05, 4.69) is 17.3 Å². The van der Waals surface area contributed by atoms with Crippen molar-refractivity contribution in [2.45, 2.75) is 35.9 Å². The van der Waals surface area contributed by atoms with Gasteiger partial charge in [0, 0.05) is 26.1 Å².